The van der Waals surface area contributed by atoms with Gasteiger partial charge in [-0.15, -0.1) is 0 Å². The largest absolute Gasteiger partial charge is 0.507 e. The Morgan fingerprint density at radius 2 is 1.91 bits per heavy atom. The van der Waals surface area contributed by atoms with Gasteiger partial charge < -0.3 is 24.1 Å². The fraction of sp³-hybridized carbons (Fsp3) is 0.167. The van der Waals surface area contributed by atoms with Crippen molar-refractivity contribution in [2.45, 2.75) is 5.92 Å². The van der Waals surface area contributed by atoms with Crippen molar-refractivity contribution < 1.29 is 24.1 Å². The topological polar surface area (TPSA) is 65.0 Å². The lowest BCUT2D eigenvalue weighted by Crippen LogP contribution is -2.12. The van der Waals surface area contributed by atoms with Crippen LogP contribution in [0.3, 0.4) is 0 Å². The third kappa shape index (κ3) is 2.50. The molecule has 5 heteroatoms. The number of benzene rings is 2. The summed E-state index contributed by atoms with van der Waals surface area (Å²) in [4.78, 5) is 11.5. The lowest BCUT2D eigenvalue weighted by molar-refractivity contribution is -0.108. The molecule has 1 aliphatic rings. The van der Waals surface area contributed by atoms with E-state index in [2.05, 4.69) is 0 Å². The van der Waals surface area contributed by atoms with Crippen molar-refractivity contribution in [2.75, 3.05) is 14.2 Å². The van der Waals surface area contributed by atoms with Crippen molar-refractivity contribution in [3.05, 3.63) is 53.6 Å². The minimum Gasteiger partial charge on any atom is -0.507 e. The smallest absolute Gasteiger partial charge is 0.204 e. The van der Waals surface area contributed by atoms with Crippen LogP contribution in [-0.2, 0) is 4.79 Å². The van der Waals surface area contributed by atoms with Gasteiger partial charge in [0.05, 0.1) is 25.7 Å². The number of rotatable bonds is 4. The molecule has 2 aromatic rings. The Balaban J connectivity index is 2.19. The molecule has 1 atom stereocenters. The SMILES string of the molecule is COc1cc(O)c2c(c1OC)OC(c1ccccc1)=CC2C=O. The molecule has 1 heterocycles. The van der Waals surface area contributed by atoms with Crippen molar-refractivity contribution >= 4 is 12.0 Å². The Morgan fingerprint density at radius 3 is 2.52 bits per heavy atom. The summed E-state index contributed by atoms with van der Waals surface area (Å²) in [6.07, 6.45) is 2.44. The van der Waals surface area contributed by atoms with Gasteiger partial charge in [0.2, 0.25) is 5.75 Å². The highest BCUT2D eigenvalue weighted by Gasteiger charge is 2.31. The summed E-state index contributed by atoms with van der Waals surface area (Å²) in [5, 5.41) is 10.2. The van der Waals surface area contributed by atoms with E-state index in [-0.39, 0.29) is 5.75 Å². The molecule has 0 aliphatic carbocycles. The van der Waals surface area contributed by atoms with Crippen molar-refractivity contribution in [1.29, 1.82) is 0 Å². The van der Waals surface area contributed by atoms with Crippen LogP contribution in [-0.4, -0.2) is 25.6 Å². The van der Waals surface area contributed by atoms with Crippen LogP contribution >= 0.6 is 0 Å². The summed E-state index contributed by atoms with van der Waals surface area (Å²) in [7, 11) is 2.95. The molecule has 0 aromatic heterocycles. The maximum atomic E-state index is 11.5. The first-order valence-electron chi connectivity index (χ1n) is 7.07. The Kier molecular flexibility index (Phi) is 3.93. The number of hydrogen-bond donors (Lipinski definition) is 1. The molecule has 1 N–H and O–H groups in total. The van der Waals surface area contributed by atoms with Gasteiger partial charge in [-0.3, -0.25) is 0 Å². The maximum absolute atomic E-state index is 11.5. The lowest BCUT2D eigenvalue weighted by Gasteiger charge is -2.25. The summed E-state index contributed by atoms with van der Waals surface area (Å²) in [6.45, 7) is 0. The summed E-state index contributed by atoms with van der Waals surface area (Å²) in [5.41, 5.74) is 1.20. The molecule has 0 saturated heterocycles. The van der Waals surface area contributed by atoms with Gasteiger partial charge >= 0.3 is 0 Å². The molecule has 0 bridgehead atoms. The molecule has 0 spiro atoms. The lowest BCUT2D eigenvalue weighted by atomic mass is 9.93. The van der Waals surface area contributed by atoms with E-state index in [4.69, 9.17) is 14.2 Å². The van der Waals surface area contributed by atoms with E-state index in [1.54, 1.807) is 6.08 Å². The third-order valence-corrected chi connectivity index (χ3v) is 3.72. The second kappa shape index (κ2) is 6.04. The van der Waals surface area contributed by atoms with E-state index in [9.17, 15) is 9.90 Å². The van der Waals surface area contributed by atoms with Crippen LogP contribution in [0, 0.1) is 0 Å². The van der Waals surface area contributed by atoms with Crippen LogP contribution in [0.25, 0.3) is 5.76 Å². The number of phenols is 1. The average molecular weight is 312 g/mol. The fourth-order valence-corrected chi connectivity index (χ4v) is 2.64. The molecule has 23 heavy (non-hydrogen) atoms. The summed E-state index contributed by atoms with van der Waals surface area (Å²) in [6, 6.07) is 10.8. The van der Waals surface area contributed by atoms with Crippen molar-refractivity contribution in [1.82, 2.24) is 0 Å². The molecule has 0 radical (unpaired) electrons. The number of hydrogen-bond acceptors (Lipinski definition) is 5. The van der Waals surface area contributed by atoms with Crippen LogP contribution in [0.1, 0.15) is 17.0 Å². The second-order valence-corrected chi connectivity index (χ2v) is 5.03. The normalized spacial score (nSPS) is 15.9. The number of phenolic OH excluding ortho intramolecular Hbond substituents is 1. The molecule has 1 unspecified atom stereocenters. The molecule has 3 rings (SSSR count). The van der Waals surface area contributed by atoms with E-state index in [1.807, 2.05) is 30.3 Å². The van der Waals surface area contributed by atoms with Gasteiger partial charge in [0.1, 0.15) is 17.8 Å². The summed E-state index contributed by atoms with van der Waals surface area (Å²) < 4.78 is 16.5. The Morgan fingerprint density at radius 1 is 1.17 bits per heavy atom. The monoisotopic (exact) mass is 312 g/mol. The number of allylic oxidation sites excluding steroid dienone is 1. The fourth-order valence-electron chi connectivity index (χ4n) is 2.64. The van der Waals surface area contributed by atoms with Gasteiger partial charge in [0.25, 0.3) is 0 Å². The number of carbonyl (C=O) groups is 1. The van der Waals surface area contributed by atoms with Crippen LogP contribution in [0.15, 0.2) is 42.5 Å². The predicted molar refractivity (Wildman–Crippen MR) is 85.1 cm³/mol. The minimum atomic E-state index is -0.631. The van der Waals surface area contributed by atoms with Crippen LogP contribution in [0.4, 0.5) is 0 Å². The van der Waals surface area contributed by atoms with Gasteiger partial charge in [-0.25, -0.2) is 0 Å². The van der Waals surface area contributed by atoms with Crippen LogP contribution in [0.5, 0.6) is 23.0 Å². The number of aromatic hydroxyl groups is 1. The highest BCUT2D eigenvalue weighted by Crippen LogP contribution is 2.51. The van der Waals surface area contributed by atoms with E-state index in [1.165, 1.54) is 20.3 Å². The second-order valence-electron chi connectivity index (χ2n) is 5.03. The van der Waals surface area contributed by atoms with Crippen molar-refractivity contribution in [3.63, 3.8) is 0 Å². The minimum absolute atomic E-state index is 0.0712. The number of aldehydes is 1. The quantitative estimate of drug-likeness (QED) is 0.879. The predicted octanol–water partition coefficient (Wildman–Crippen LogP) is 3.13. The Bertz CT molecular complexity index is 765. The van der Waals surface area contributed by atoms with Gasteiger partial charge in [-0.2, -0.15) is 0 Å². The standard InChI is InChI=1S/C18H16O5/c1-21-15-9-13(20)16-12(10-19)8-14(11-6-4-3-5-7-11)23-18(16)17(15)22-2/h3-10,12,20H,1-2H3. The zero-order chi connectivity index (χ0) is 16.4. The van der Waals surface area contributed by atoms with E-state index < -0.39 is 5.92 Å². The first kappa shape index (κ1) is 15.0. The molecular formula is C18H16O5. The maximum Gasteiger partial charge on any atom is 0.204 e. The van der Waals surface area contributed by atoms with Gasteiger partial charge in [0.15, 0.2) is 11.5 Å². The van der Waals surface area contributed by atoms with Gasteiger partial charge in [-0.1, -0.05) is 30.3 Å². The van der Waals surface area contributed by atoms with E-state index >= 15 is 0 Å². The van der Waals surface area contributed by atoms with Gasteiger partial charge in [-0.05, 0) is 6.08 Å². The molecule has 2 aromatic carbocycles. The van der Waals surface area contributed by atoms with Crippen LogP contribution < -0.4 is 14.2 Å². The molecule has 118 valence electrons. The molecule has 1 aliphatic heterocycles. The average Bonchev–Trinajstić information content (AvgIpc) is 2.61. The Hall–Kier alpha value is -2.95. The number of ether oxygens (including phenoxy) is 3. The first-order valence-corrected chi connectivity index (χ1v) is 7.07. The third-order valence-electron chi connectivity index (χ3n) is 3.72. The molecule has 0 saturated carbocycles. The number of fused-ring (bicyclic) bond motifs is 1. The van der Waals surface area contributed by atoms with Crippen molar-refractivity contribution in [2.24, 2.45) is 0 Å². The van der Waals surface area contributed by atoms with Crippen LogP contribution in [0.2, 0.25) is 0 Å². The highest BCUT2D eigenvalue weighted by atomic mass is 16.5. The molecule has 5 nitrogen and oxygen atoms in total. The summed E-state index contributed by atoms with van der Waals surface area (Å²) >= 11 is 0. The highest BCUT2D eigenvalue weighted by molar-refractivity contribution is 5.81. The number of methoxy groups -OCH3 is 2. The molecular weight excluding hydrogens is 296 g/mol. The molecule has 0 fully saturated rings. The first-order chi connectivity index (χ1) is 11.2. The Labute approximate surface area is 133 Å². The zero-order valence-electron chi connectivity index (χ0n) is 12.8. The molecule has 0 amide bonds. The zero-order valence-corrected chi connectivity index (χ0v) is 12.8. The number of carbonyl (C=O) groups excluding carboxylic acids is 1. The van der Waals surface area contributed by atoms with Crippen molar-refractivity contribution in [3.8, 4) is 23.0 Å². The van der Waals surface area contributed by atoms with E-state index in [0.717, 1.165) is 11.8 Å². The van der Waals surface area contributed by atoms with Gasteiger partial charge in [0, 0.05) is 11.6 Å². The summed E-state index contributed by atoms with van der Waals surface area (Å²) in [5.74, 6) is 0.798. The van der Waals surface area contributed by atoms with E-state index in [0.29, 0.717) is 28.6 Å².